The van der Waals surface area contributed by atoms with Crippen LogP contribution in [-0.2, 0) is 11.2 Å². The fourth-order valence-corrected chi connectivity index (χ4v) is 2.38. The topological polar surface area (TPSA) is 67.0 Å². The standard InChI is InChI=1S/C14H17N3O2S/c1-3-10-8-15-17-14(10)16-13(18)9-20-12-6-4-11(19-2)5-7-12/h4-8H,3,9H2,1-2H3,(H2,15,16,17,18). The predicted molar refractivity (Wildman–Crippen MR) is 80.3 cm³/mol. The largest absolute Gasteiger partial charge is 0.497 e. The molecule has 2 aromatic rings. The summed E-state index contributed by atoms with van der Waals surface area (Å²) in [7, 11) is 1.63. The fraction of sp³-hybridized carbons (Fsp3) is 0.286. The van der Waals surface area contributed by atoms with Crippen molar-refractivity contribution < 1.29 is 9.53 Å². The van der Waals surface area contributed by atoms with Crippen LogP contribution in [0.1, 0.15) is 12.5 Å². The molecule has 0 saturated heterocycles. The Balaban J connectivity index is 1.85. The number of benzene rings is 1. The molecule has 1 aromatic carbocycles. The Bertz CT molecular complexity index is 566. The van der Waals surface area contributed by atoms with Gasteiger partial charge in [0, 0.05) is 10.5 Å². The van der Waals surface area contributed by atoms with Crippen LogP contribution in [0, 0.1) is 0 Å². The van der Waals surface area contributed by atoms with Gasteiger partial charge in [-0.15, -0.1) is 11.8 Å². The zero-order valence-corrected chi connectivity index (χ0v) is 12.3. The number of methoxy groups -OCH3 is 1. The van der Waals surface area contributed by atoms with Crippen LogP contribution in [0.25, 0.3) is 0 Å². The lowest BCUT2D eigenvalue weighted by Crippen LogP contribution is -2.15. The first-order valence-electron chi connectivity index (χ1n) is 6.32. The van der Waals surface area contributed by atoms with Gasteiger partial charge >= 0.3 is 0 Å². The average Bonchev–Trinajstić information content (AvgIpc) is 2.92. The van der Waals surface area contributed by atoms with Gasteiger partial charge in [0.15, 0.2) is 0 Å². The highest BCUT2D eigenvalue weighted by atomic mass is 32.2. The van der Waals surface area contributed by atoms with Crippen LogP contribution in [0.2, 0.25) is 0 Å². The van der Waals surface area contributed by atoms with E-state index >= 15 is 0 Å². The van der Waals surface area contributed by atoms with E-state index in [0.717, 1.165) is 22.6 Å². The summed E-state index contributed by atoms with van der Waals surface area (Å²) in [5.41, 5.74) is 1.01. The minimum absolute atomic E-state index is 0.0511. The number of H-pyrrole nitrogens is 1. The van der Waals surface area contributed by atoms with Gasteiger partial charge in [0.25, 0.3) is 0 Å². The number of carbonyl (C=O) groups excluding carboxylic acids is 1. The molecule has 1 amide bonds. The van der Waals surface area contributed by atoms with Crippen molar-refractivity contribution >= 4 is 23.5 Å². The molecule has 0 bridgehead atoms. The normalized spacial score (nSPS) is 10.3. The number of aromatic amines is 1. The molecule has 0 unspecified atom stereocenters. The molecule has 2 rings (SSSR count). The Morgan fingerprint density at radius 2 is 2.15 bits per heavy atom. The summed E-state index contributed by atoms with van der Waals surface area (Å²) in [6.07, 6.45) is 2.56. The van der Waals surface area contributed by atoms with Crippen molar-refractivity contribution in [1.29, 1.82) is 0 Å². The Morgan fingerprint density at radius 1 is 1.40 bits per heavy atom. The van der Waals surface area contributed by atoms with Crippen molar-refractivity contribution in [2.45, 2.75) is 18.2 Å². The van der Waals surface area contributed by atoms with E-state index in [1.807, 2.05) is 31.2 Å². The van der Waals surface area contributed by atoms with Gasteiger partial charge in [-0.25, -0.2) is 0 Å². The molecular weight excluding hydrogens is 274 g/mol. The highest BCUT2D eigenvalue weighted by Crippen LogP contribution is 2.21. The fourth-order valence-electron chi connectivity index (χ4n) is 1.68. The van der Waals surface area contributed by atoms with Crippen LogP contribution in [0.4, 0.5) is 5.82 Å². The van der Waals surface area contributed by atoms with Crippen LogP contribution in [-0.4, -0.2) is 29.0 Å². The van der Waals surface area contributed by atoms with E-state index in [1.54, 1.807) is 13.3 Å². The van der Waals surface area contributed by atoms with Gasteiger partial charge < -0.3 is 10.1 Å². The van der Waals surface area contributed by atoms with Crippen LogP contribution in [0.15, 0.2) is 35.4 Å². The van der Waals surface area contributed by atoms with Gasteiger partial charge in [-0.2, -0.15) is 5.10 Å². The first-order valence-corrected chi connectivity index (χ1v) is 7.30. The van der Waals surface area contributed by atoms with E-state index < -0.39 is 0 Å². The molecule has 0 atom stereocenters. The SMILES string of the molecule is CCc1cn[nH]c1NC(=O)CSc1ccc(OC)cc1. The summed E-state index contributed by atoms with van der Waals surface area (Å²) in [5, 5.41) is 9.55. The van der Waals surface area contributed by atoms with E-state index in [1.165, 1.54) is 11.8 Å². The predicted octanol–water partition coefficient (Wildman–Crippen LogP) is 2.71. The molecule has 20 heavy (non-hydrogen) atoms. The van der Waals surface area contributed by atoms with Gasteiger partial charge in [-0.05, 0) is 30.7 Å². The van der Waals surface area contributed by atoms with Crippen molar-refractivity contribution in [3.8, 4) is 5.75 Å². The number of nitrogens with one attached hydrogen (secondary N) is 2. The number of aromatic nitrogens is 2. The van der Waals surface area contributed by atoms with Crippen molar-refractivity contribution in [2.24, 2.45) is 0 Å². The Kier molecular flexibility index (Phi) is 5.06. The summed E-state index contributed by atoms with van der Waals surface area (Å²) in [5.74, 6) is 1.80. The van der Waals surface area contributed by atoms with Crippen LogP contribution < -0.4 is 10.1 Å². The van der Waals surface area contributed by atoms with Gasteiger partial charge in [0.05, 0.1) is 19.1 Å². The molecule has 5 nitrogen and oxygen atoms in total. The zero-order chi connectivity index (χ0) is 14.4. The lowest BCUT2D eigenvalue weighted by Gasteiger charge is -2.05. The lowest BCUT2D eigenvalue weighted by molar-refractivity contribution is -0.113. The van der Waals surface area contributed by atoms with Crippen molar-refractivity contribution in [1.82, 2.24) is 10.2 Å². The monoisotopic (exact) mass is 291 g/mol. The number of aryl methyl sites for hydroxylation is 1. The molecule has 0 aliphatic heterocycles. The lowest BCUT2D eigenvalue weighted by atomic mass is 10.2. The quantitative estimate of drug-likeness (QED) is 0.803. The molecule has 0 aliphatic rings. The number of amides is 1. The molecule has 0 aliphatic carbocycles. The maximum atomic E-state index is 11.9. The second-order valence-electron chi connectivity index (χ2n) is 4.14. The summed E-state index contributed by atoms with van der Waals surface area (Å²) >= 11 is 1.48. The van der Waals surface area contributed by atoms with Crippen molar-refractivity contribution in [2.75, 3.05) is 18.2 Å². The molecule has 0 radical (unpaired) electrons. The maximum absolute atomic E-state index is 11.9. The third-order valence-corrected chi connectivity index (χ3v) is 3.80. The van der Waals surface area contributed by atoms with Gasteiger partial charge in [0.2, 0.25) is 5.91 Å². The second-order valence-corrected chi connectivity index (χ2v) is 5.18. The van der Waals surface area contributed by atoms with E-state index in [4.69, 9.17) is 4.74 Å². The van der Waals surface area contributed by atoms with Gasteiger partial charge in [-0.1, -0.05) is 6.92 Å². The summed E-state index contributed by atoms with van der Waals surface area (Å²) in [4.78, 5) is 12.9. The molecular formula is C14H17N3O2S. The number of hydrogen-bond acceptors (Lipinski definition) is 4. The molecule has 0 fully saturated rings. The number of rotatable bonds is 6. The minimum atomic E-state index is -0.0511. The second kappa shape index (κ2) is 7.00. The molecule has 2 N–H and O–H groups in total. The number of hydrogen-bond donors (Lipinski definition) is 2. The summed E-state index contributed by atoms with van der Waals surface area (Å²) in [6, 6.07) is 7.63. The van der Waals surface area contributed by atoms with E-state index in [9.17, 15) is 4.79 Å². The molecule has 0 spiro atoms. The molecule has 1 heterocycles. The number of ether oxygens (including phenoxy) is 1. The smallest absolute Gasteiger partial charge is 0.235 e. The van der Waals surface area contributed by atoms with Gasteiger partial charge in [0.1, 0.15) is 11.6 Å². The third-order valence-electron chi connectivity index (χ3n) is 2.79. The van der Waals surface area contributed by atoms with Gasteiger partial charge in [-0.3, -0.25) is 9.89 Å². The zero-order valence-electron chi connectivity index (χ0n) is 11.5. The average molecular weight is 291 g/mol. The Morgan fingerprint density at radius 3 is 2.80 bits per heavy atom. The van der Waals surface area contributed by atoms with E-state index in [-0.39, 0.29) is 5.91 Å². The number of carbonyl (C=O) groups is 1. The summed E-state index contributed by atoms with van der Waals surface area (Å²) < 4.78 is 5.09. The minimum Gasteiger partial charge on any atom is -0.497 e. The number of nitrogens with zero attached hydrogens (tertiary/aromatic N) is 1. The molecule has 0 saturated carbocycles. The Labute approximate surface area is 122 Å². The Hall–Kier alpha value is -1.95. The van der Waals surface area contributed by atoms with Crippen molar-refractivity contribution in [3.63, 3.8) is 0 Å². The number of thioether (sulfide) groups is 1. The van der Waals surface area contributed by atoms with Crippen LogP contribution >= 0.6 is 11.8 Å². The van der Waals surface area contributed by atoms with Crippen LogP contribution in [0.3, 0.4) is 0 Å². The van der Waals surface area contributed by atoms with E-state index in [2.05, 4.69) is 15.5 Å². The van der Waals surface area contributed by atoms with Crippen LogP contribution in [0.5, 0.6) is 5.75 Å². The summed E-state index contributed by atoms with van der Waals surface area (Å²) in [6.45, 7) is 2.02. The number of anilines is 1. The van der Waals surface area contributed by atoms with Crippen molar-refractivity contribution in [3.05, 3.63) is 36.0 Å². The van der Waals surface area contributed by atoms with E-state index in [0.29, 0.717) is 11.6 Å². The molecule has 6 heteroatoms. The highest BCUT2D eigenvalue weighted by molar-refractivity contribution is 8.00. The molecule has 106 valence electrons. The third kappa shape index (κ3) is 3.77. The first kappa shape index (κ1) is 14.5. The highest BCUT2D eigenvalue weighted by Gasteiger charge is 2.08. The maximum Gasteiger partial charge on any atom is 0.235 e. The molecule has 1 aromatic heterocycles. The first-order chi connectivity index (χ1) is 9.72.